The summed E-state index contributed by atoms with van der Waals surface area (Å²) < 4.78 is 34.7. The number of anilines is 1. The van der Waals surface area contributed by atoms with Crippen molar-refractivity contribution in [3.8, 4) is 6.07 Å². The zero-order chi connectivity index (χ0) is 23.1. The van der Waals surface area contributed by atoms with Crippen molar-refractivity contribution in [2.24, 2.45) is 5.92 Å². The summed E-state index contributed by atoms with van der Waals surface area (Å²) in [5.41, 5.74) is 0.848. The molecule has 2 saturated heterocycles. The third kappa shape index (κ3) is 6.65. The van der Waals surface area contributed by atoms with Crippen molar-refractivity contribution in [2.75, 3.05) is 58.7 Å². The predicted molar refractivity (Wildman–Crippen MR) is 126 cm³/mol. The molecule has 0 bridgehead atoms. The van der Waals surface area contributed by atoms with Gasteiger partial charge in [-0.25, -0.2) is 13.1 Å². The SMILES string of the molecule is C[C@@H]1CCO[C@@H]1CCNc1ccc(C#N)cc1S(=O)(=O)NCCN1CCCC(N(C)C)C1. The minimum Gasteiger partial charge on any atom is -0.384 e. The Morgan fingerprint density at radius 1 is 1.28 bits per heavy atom. The molecule has 1 aromatic rings. The second kappa shape index (κ2) is 11.4. The van der Waals surface area contributed by atoms with Crippen LogP contribution in [0.1, 0.15) is 38.2 Å². The molecule has 1 unspecified atom stereocenters. The van der Waals surface area contributed by atoms with E-state index in [-0.39, 0.29) is 11.0 Å². The molecular formula is C23H37N5O3S. The summed E-state index contributed by atoms with van der Waals surface area (Å²) in [4.78, 5) is 4.67. The molecule has 2 heterocycles. The standard InChI is InChI=1S/C23H37N5O3S/c1-18-9-14-31-22(18)8-10-25-21-7-6-19(16-24)15-23(21)32(29,30)26-11-13-28-12-4-5-20(17-28)27(2)3/h6-7,15,18,20,22,25-26H,4-5,8-14,17H2,1-3H3/t18-,20?,22-/m1/s1. The van der Waals surface area contributed by atoms with Crippen molar-refractivity contribution in [2.45, 2.75) is 49.6 Å². The van der Waals surface area contributed by atoms with E-state index < -0.39 is 10.0 Å². The first-order valence-corrected chi connectivity index (χ1v) is 13.1. The van der Waals surface area contributed by atoms with Crippen LogP contribution in [0.15, 0.2) is 23.1 Å². The van der Waals surface area contributed by atoms with Gasteiger partial charge in [-0.05, 0) is 70.4 Å². The number of nitriles is 1. The van der Waals surface area contributed by atoms with Gasteiger partial charge in [0.1, 0.15) is 4.90 Å². The summed E-state index contributed by atoms with van der Waals surface area (Å²) >= 11 is 0. The molecule has 0 spiro atoms. The fourth-order valence-electron chi connectivity index (χ4n) is 4.50. The zero-order valence-corrected chi connectivity index (χ0v) is 20.3. The number of nitrogens with one attached hydrogen (secondary N) is 2. The maximum Gasteiger partial charge on any atom is 0.242 e. The number of nitrogens with zero attached hydrogens (tertiary/aromatic N) is 3. The molecule has 9 heteroatoms. The first-order chi connectivity index (χ1) is 15.3. The fraction of sp³-hybridized carbons (Fsp3) is 0.696. The first kappa shape index (κ1) is 24.9. The van der Waals surface area contributed by atoms with Crippen molar-refractivity contribution in [3.05, 3.63) is 23.8 Å². The lowest BCUT2D eigenvalue weighted by Crippen LogP contribution is -2.47. The van der Waals surface area contributed by atoms with Crippen LogP contribution >= 0.6 is 0 Å². The molecule has 1 aromatic carbocycles. The summed E-state index contributed by atoms with van der Waals surface area (Å²) in [6.07, 6.45) is 4.38. The Morgan fingerprint density at radius 3 is 2.78 bits per heavy atom. The molecule has 0 radical (unpaired) electrons. The van der Waals surface area contributed by atoms with Crippen molar-refractivity contribution in [1.82, 2.24) is 14.5 Å². The number of hydrogen-bond donors (Lipinski definition) is 2. The summed E-state index contributed by atoms with van der Waals surface area (Å²) in [7, 11) is 0.434. The Hall–Kier alpha value is -1.70. The van der Waals surface area contributed by atoms with E-state index in [4.69, 9.17) is 4.74 Å². The minimum atomic E-state index is -3.75. The molecule has 2 aliphatic rings. The van der Waals surface area contributed by atoms with Gasteiger partial charge in [-0.15, -0.1) is 0 Å². The molecule has 2 N–H and O–H groups in total. The van der Waals surface area contributed by atoms with E-state index in [9.17, 15) is 13.7 Å². The Labute approximate surface area is 193 Å². The van der Waals surface area contributed by atoms with Crippen LogP contribution in [0.5, 0.6) is 0 Å². The molecular weight excluding hydrogens is 426 g/mol. The second-order valence-corrected chi connectivity index (χ2v) is 10.9. The van der Waals surface area contributed by atoms with Gasteiger partial charge in [-0.3, -0.25) is 0 Å². The topological polar surface area (TPSA) is 97.7 Å². The van der Waals surface area contributed by atoms with Gasteiger partial charge in [-0.1, -0.05) is 6.92 Å². The fourth-order valence-corrected chi connectivity index (χ4v) is 5.73. The van der Waals surface area contributed by atoms with Crippen LogP contribution in [0.2, 0.25) is 0 Å². The van der Waals surface area contributed by atoms with Crippen molar-refractivity contribution in [3.63, 3.8) is 0 Å². The van der Waals surface area contributed by atoms with Crippen LogP contribution in [0, 0.1) is 17.2 Å². The zero-order valence-electron chi connectivity index (χ0n) is 19.5. The van der Waals surface area contributed by atoms with Crippen LogP contribution in [-0.2, 0) is 14.8 Å². The third-order valence-electron chi connectivity index (χ3n) is 6.62. The smallest absolute Gasteiger partial charge is 0.242 e. The number of sulfonamides is 1. The highest BCUT2D eigenvalue weighted by Gasteiger charge is 2.25. The molecule has 3 rings (SSSR count). The summed E-state index contributed by atoms with van der Waals surface area (Å²) in [6, 6.07) is 7.32. The maximum absolute atomic E-state index is 13.1. The van der Waals surface area contributed by atoms with Crippen molar-refractivity contribution >= 4 is 15.7 Å². The highest BCUT2D eigenvalue weighted by atomic mass is 32.2. The van der Waals surface area contributed by atoms with Crippen molar-refractivity contribution in [1.29, 1.82) is 5.26 Å². The van der Waals surface area contributed by atoms with Gasteiger partial charge in [0.15, 0.2) is 0 Å². The Balaban J connectivity index is 1.60. The van der Waals surface area contributed by atoms with Crippen LogP contribution in [0.4, 0.5) is 5.69 Å². The molecule has 0 saturated carbocycles. The third-order valence-corrected chi connectivity index (χ3v) is 8.12. The molecule has 2 fully saturated rings. The van der Waals surface area contributed by atoms with E-state index in [0.717, 1.165) is 39.0 Å². The second-order valence-electron chi connectivity index (χ2n) is 9.17. The number of benzene rings is 1. The molecule has 178 valence electrons. The maximum atomic E-state index is 13.1. The quantitative estimate of drug-likeness (QED) is 0.548. The number of likely N-dealkylation sites (N-methyl/N-ethyl adjacent to an activating group) is 1. The number of rotatable bonds is 10. The van der Waals surface area contributed by atoms with E-state index in [2.05, 4.69) is 40.9 Å². The Kier molecular flexibility index (Phi) is 8.91. The molecule has 32 heavy (non-hydrogen) atoms. The molecule has 3 atom stereocenters. The van der Waals surface area contributed by atoms with E-state index in [0.29, 0.717) is 42.8 Å². The molecule has 8 nitrogen and oxygen atoms in total. The van der Waals surface area contributed by atoms with Crippen LogP contribution < -0.4 is 10.0 Å². The lowest BCUT2D eigenvalue weighted by atomic mass is 10.0. The lowest BCUT2D eigenvalue weighted by molar-refractivity contribution is 0.0899. The average Bonchev–Trinajstić information content (AvgIpc) is 3.18. The van der Waals surface area contributed by atoms with Crippen LogP contribution in [0.3, 0.4) is 0 Å². The normalized spacial score (nSPS) is 24.5. The Morgan fingerprint density at radius 2 is 2.09 bits per heavy atom. The van der Waals surface area contributed by atoms with Gasteiger partial charge in [0.05, 0.1) is 23.4 Å². The van der Waals surface area contributed by atoms with E-state index in [1.165, 1.54) is 12.5 Å². The Bertz CT molecular complexity index is 899. The number of piperidine rings is 1. The largest absolute Gasteiger partial charge is 0.384 e. The van der Waals surface area contributed by atoms with Crippen LogP contribution in [-0.4, -0.2) is 83.8 Å². The average molecular weight is 464 g/mol. The summed E-state index contributed by atoms with van der Waals surface area (Å²) in [6.45, 7) is 6.54. The lowest BCUT2D eigenvalue weighted by Gasteiger charge is -2.36. The highest BCUT2D eigenvalue weighted by molar-refractivity contribution is 7.89. The molecule has 0 amide bonds. The van der Waals surface area contributed by atoms with Gasteiger partial charge in [0, 0.05) is 38.8 Å². The molecule has 0 aromatic heterocycles. The predicted octanol–water partition coefficient (Wildman–Crippen LogP) is 2.09. The van der Waals surface area contributed by atoms with Crippen molar-refractivity contribution < 1.29 is 13.2 Å². The number of hydrogen-bond acceptors (Lipinski definition) is 7. The number of likely N-dealkylation sites (tertiary alicyclic amines) is 1. The number of ether oxygens (including phenoxy) is 1. The van der Waals surface area contributed by atoms with E-state index >= 15 is 0 Å². The van der Waals surface area contributed by atoms with Gasteiger partial charge in [-0.2, -0.15) is 5.26 Å². The van der Waals surface area contributed by atoms with Gasteiger partial charge >= 0.3 is 0 Å². The van der Waals surface area contributed by atoms with Gasteiger partial charge in [0.25, 0.3) is 0 Å². The minimum absolute atomic E-state index is 0.127. The summed E-state index contributed by atoms with van der Waals surface area (Å²) in [5.74, 6) is 0.518. The van der Waals surface area contributed by atoms with E-state index in [1.807, 2.05) is 6.07 Å². The van der Waals surface area contributed by atoms with E-state index in [1.54, 1.807) is 12.1 Å². The molecule has 0 aliphatic carbocycles. The first-order valence-electron chi connectivity index (χ1n) is 11.6. The monoisotopic (exact) mass is 463 g/mol. The molecule has 2 aliphatic heterocycles. The van der Waals surface area contributed by atoms with Crippen LogP contribution in [0.25, 0.3) is 0 Å². The summed E-state index contributed by atoms with van der Waals surface area (Å²) in [5, 5.41) is 12.5. The van der Waals surface area contributed by atoms with Gasteiger partial charge < -0.3 is 19.9 Å². The van der Waals surface area contributed by atoms with Gasteiger partial charge in [0.2, 0.25) is 10.0 Å². The highest BCUT2D eigenvalue weighted by Crippen LogP contribution is 2.25.